The number of anilines is 1. The van der Waals surface area contributed by atoms with Gasteiger partial charge in [-0.05, 0) is 30.0 Å². The number of aliphatic hydroxyl groups excluding tert-OH is 1. The minimum atomic E-state index is -4.50. The molecule has 0 amide bonds. The maximum Gasteiger partial charge on any atom is 0.433 e. The van der Waals surface area contributed by atoms with Gasteiger partial charge >= 0.3 is 6.18 Å². The van der Waals surface area contributed by atoms with E-state index in [1.165, 1.54) is 0 Å². The Balaban J connectivity index is 1.69. The van der Waals surface area contributed by atoms with Crippen molar-refractivity contribution in [3.63, 3.8) is 0 Å². The Kier molecular flexibility index (Phi) is 4.47. The Morgan fingerprint density at radius 2 is 2.04 bits per heavy atom. The predicted molar refractivity (Wildman–Crippen MR) is 95.5 cm³/mol. The lowest BCUT2D eigenvalue weighted by Gasteiger charge is -2.28. The average Bonchev–Trinajstić information content (AvgIpc) is 3.02. The van der Waals surface area contributed by atoms with Crippen LogP contribution in [-0.4, -0.2) is 37.4 Å². The highest BCUT2D eigenvalue weighted by Crippen LogP contribution is 2.31. The van der Waals surface area contributed by atoms with Crippen molar-refractivity contribution in [3.05, 3.63) is 41.5 Å². The zero-order chi connectivity index (χ0) is 19.2. The fraction of sp³-hybridized carbons (Fsp3) is 0.353. The van der Waals surface area contributed by atoms with Crippen molar-refractivity contribution >= 4 is 28.7 Å². The molecule has 142 valence electrons. The molecule has 4 rings (SSSR count). The highest BCUT2D eigenvalue weighted by atomic mass is 32.2. The molecule has 0 aliphatic carbocycles. The van der Waals surface area contributed by atoms with Crippen LogP contribution in [-0.2, 0) is 25.9 Å². The molecule has 0 saturated heterocycles. The first-order valence-electron chi connectivity index (χ1n) is 8.23. The second kappa shape index (κ2) is 6.68. The van der Waals surface area contributed by atoms with Gasteiger partial charge in [-0.25, -0.2) is 15.0 Å². The Morgan fingerprint density at radius 3 is 2.74 bits per heavy atom. The molecule has 0 radical (unpaired) electrons. The largest absolute Gasteiger partial charge is 0.433 e. The van der Waals surface area contributed by atoms with Crippen molar-refractivity contribution < 1.29 is 18.3 Å². The summed E-state index contributed by atoms with van der Waals surface area (Å²) in [5, 5.41) is 9.53. The summed E-state index contributed by atoms with van der Waals surface area (Å²) in [4.78, 5) is 14.9. The van der Waals surface area contributed by atoms with E-state index in [9.17, 15) is 18.3 Å². The van der Waals surface area contributed by atoms with Crippen molar-refractivity contribution in [2.45, 2.75) is 30.8 Å². The third kappa shape index (κ3) is 3.23. The van der Waals surface area contributed by atoms with Crippen LogP contribution in [0.1, 0.15) is 17.1 Å². The van der Waals surface area contributed by atoms with Gasteiger partial charge in [-0.3, -0.25) is 0 Å². The molecule has 3 aromatic rings. The zero-order valence-electron chi connectivity index (χ0n) is 14.4. The van der Waals surface area contributed by atoms with Crippen molar-refractivity contribution in [3.8, 4) is 0 Å². The SMILES string of the molecule is CSc1cc2c(cc1CO)nc1n2CCN(c2nccc(C(F)(F)F)n2)C1. The minimum absolute atomic E-state index is 0.0454. The molecule has 6 nitrogen and oxygen atoms in total. The molecule has 0 saturated carbocycles. The van der Waals surface area contributed by atoms with Crippen molar-refractivity contribution in [1.82, 2.24) is 19.5 Å². The van der Waals surface area contributed by atoms with Crippen LogP contribution < -0.4 is 4.90 Å². The molecular formula is C17H16F3N5OS. The van der Waals surface area contributed by atoms with E-state index in [4.69, 9.17) is 0 Å². The maximum atomic E-state index is 12.9. The van der Waals surface area contributed by atoms with Gasteiger partial charge in [0.15, 0.2) is 0 Å². The van der Waals surface area contributed by atoms with Crippen LogP contribution in [0, 0.1) is 0 Å². The molecule has 1 aromatic carbocycles. The first kappa shape index (κ1) is 18.1. The highest BCUT2D eigenvalue weighted by molar-refractivity contribution is 7.98. The summed E-state index contributed by atoms with van der Waals surface area (Å²) >= 11 is 1.55. The lowest BCUT2D eigenvalue weighted by Crippen LogP contribution is -2.35. The van der Waals surface area contributed by atoms with Gasteiger partial charge in [0.25, 0.3) is 0 Å². The number of fused-ring (bicyclic) bond motifs is 3. The highest BCUT2D eigenvalue weighted by Gasteiger charge is 2.33. The summed E-state index contributed by atoms with van der Waals surface area (Å²) in [6.07, 6.45) is -1.43. The van der Waals surface area contributed by atoms with Crippen LogP contribution in [0.3, 0.4) is 0 Å². The molecule has 10 heteroatoms. The normalized spacial score (nSPS) is 14.6. The summed E-state index contributed by atoms with van der Waals surface area (Å²) in [7, 11) is 0. The number of aromatic nitrogens is 4. The van der Waals surface area contributed by atoms with E-state index >= 15 is 0 Å². The number of aliphatic hydroxyl groups is 1. The number of thioether (sulfide) groups is 1. The smallest absolute Gasteiger partial charge is 0.392 e. The number of benzene rings is 1. The van der Waals surface area contributed by atoms with E-state index in [2.05, 4.69) is 19.5 Å². The Hall–Kier alpha value is -2.33. The van der Waals surface area contributed by atoms with E-state index < -0.39 is 11.9 Å². The summed E-state index contributed by atoms with van der Waals surface area (Å²) in [6.45, 7) is 1.30. The van der Waals surface area contributed by atoms with Crippen molar-refractivity contribution in [2.75, 3.05) is 17.7 Å². The number of imidazole rings is 1. The lowest BCUT2D eigenvalue weighted by molar-refractivity contribution is -0.141. The Morgan fingerprint density at radius 1 is 1.22 bits per heavy atom. The fourth-order valence-electron chi connectivity index (χ4n) is 3.23. The van der Waals surface area contributed by atoms with Gasteiger partial charge in [-0.2, -0.15) is 13.2 Å². The first-order valence-corrected chi connectivity index (χ1v) is 9.45. The number of alkyl halides is 3. The molecule has 1 aliphatic heterocycles. The van der Waals surface area contributed by atoms with Gasteiger partial charge in [0.05, 0.1) is 24.2 Å². The van der Waals surface area contributed by atoms with Crippen LogP contribution in [0.4, 0.5) is 19.1 Å². The summed E-state index contributed by atoms with van der Waals surface area (Å²) in [5.74, 6) is 0.781. The number of halogens is 3. The number of rotatable bonds is 3. The molecule has 0 unspecified atom stereocenters. The van der Waals surface area contributed by atoms with Crippen LogP contribution in [0.2, 0.25) is 0 Å². The lowest BCUT2D eigenvalue weighted by atomic mass is 10.2. The van der Waals surface area contributed by atoms with Gasteiger partial charge in [0, 0.05) is 24.2 Å². The minimum Gasteiger partial charge on any atom is -0.392 e. The molecule has 3 heterocycles. The van der Waals surface area contributed by atoms with Gasteiger partial charge in [-0.15, -0.1) is 11.8 Å². The monoisotopic (exact) mass is 395 g/mol. The number of hydrogen-bond donors (Lipinski definition) is 1. The summed E-state index contributed by atoms with van der Waals surface area (Å²) < 4.78 is 40.8. The van der Waals surface area contributed by atoms with Gasteiger partial charge in [0.1, 0.15) is 11.5 Å². The van der Waals surface area contributed by atoms with E-state index in [0.717, 1.165) is 39.6 Å². The zero-order valence-corrected chi connectivity index (χ0v) is 15.2. The maximum absolute atomic E-state index is 12.9. The van der Waals surface area contributed by atoms with Crippen molar-refractivity contribution in [1.29, 1.82) is 0 Å². The van der Waals surface area contributed by atoms with E-state index in [1.54, 1.807) is 16.7 Å². The predicted octanol–water partition coefficient (Wildman–Crippen LogP) is 3.08. The second-order valence-corrected chi connectivity index (χ2v) is 7.00. The van der Waals surface area contributed by atoms with Crippen LogP contribution in [0.25, 0.3) is 11.0 Å². The third-order valence-electron chi connectivity index (χ3n) is 4.54. The third-order valence-corrected chi connectivity index (χ3v) is 5.36. The van der Waals surface area contributed by atoms with E-state index in [-0.39, 0.29) is 12.6 Å². The van der Waals surface area contributed by atoms with Gasteiger partial charge in [-0.1, -0.05) is 0 Å². The molecule has 0 fully saturated rings. The topological polar surface area (TPSA) is 67.1 Å². The van der Waals surface area contributed by atoms with Gasteiger partial charge < -0.3 is 14.6 Å². The molecule has 1 aliphatic rings. The number of nitrogens with zero attached hydrogens (tertiary/aromatic N) is 5. The second-order valence-electron chi connectivity index (χ2n) is 6.15. The quantitative estimate of drug-likeness (QED) is 0.688. The van der Waals surface area contributed by atoms with E-state index in [1.807, 2.05) is 18.4 Å². The van der Waals surface area contributed by atoms with Gasteiger partial charge in [0.2, 0.25) is 5.95 Å². The van der Waals surface area contributed by atoms with Crippen LogP contribution in [0.15, 0.2) is 29.3 Å². The molecule has 0 bridgehead atoms. The molecule has 2 aromatic heterocycles. The number of hydrogen-bond acceptors (Lipinski definition) is 6. The van der Waals surface area contributed by atoms with E-state index in [0.29, 0.717) is 19.6 Å². The first-order chi connectivity index (χ1) is 12.9. The Bertz CT molecular complexity index is 1000. The molecular weight excluding hydrogens is 379 g/mol. The fourth-order valence-corrected chi connectivity index (χ4v) is 3.84. The van der Waals surface area contributed by atoms with Crippen LogP contribution >= 0.6 is 11.8 Å². The standard InChI is InChI=1S/C17H16F3N5OS/c1-27-13-7-12-11(6-10(13)9-26)22-15-8-24(4-5-25(12)15)16-21-3-2-14(23-16)17(18,19)20/h2-3,6-7,26H,4-5,8-9H2,1H3. The average molecular weight is 395 g/mol. The molecule has 0 atom stereocenters. The van der Waals surface area contributed by atoms with Crippen molar-refractivity contribution in [2.24, 2.45) is 0 Å². The summed E-state index contributed by atoms with van der Waals surface area (Å²) in [5.41, 5.74) is 1.57. The molecule has 27 heavy (non-hydrogen) atoms. The Labute approximate surface area is 157 Å². The summed E-state index contributed by atoms with van der Waals surface area (Å²) in [6, 6.07) is 4.72. The molecule has 1 N–H and O–H groups in total. The molecule has 0 spiro atoms. The van der Waals surface area contributed by atoms with Crippen LogP contribution in [0.5, 0.6) is 0 Å².